The third-order valence-corrected chi connectivity index (χ3v) is 2.77. The number of ether oxygens (including phenoxy) is 2. The van der Waals surface area contributed by atoms with Crippen LogP contribution in [-0.2, 0) is 0 Å². The van der Waals surface area contributed by atoms with Crippen LogP contribution in [0.3, 0.4) is 0 Å². The molecule has 0 aliphatic heterocycles. The van der Waals surface area contributed by atoms with Crippen LogP contribution in [0, 0.1) is 0 Å². The number of nitrogen functional groups attached to an aromatic ring is 2. The van der Waals surface area contributed by atoms with Crippen LogP contribution in [0.15, 0.2) is 36.4 Å². The Morgan fingerprint density at radius 1 is 0.889 bits per heavy atom. The van der Waals surface area contributed by atoms with E-state index in [0.29, 0.717) is 22.9 Å². The van der Waals surface area contributed by atoms with Crippen molar-refractivity contribution in [1.29, 1.82) is 0 Å². The third-order valence-electron chi connectivity index (χ3n) is 2.77. The van der Waals surface area contributed by atoms with Gasteiger partial charge in [0.15, 0.2) is 0 Å². The summed E-state index contributed by atoms with van der Waals surface area (Å²) < 4.78 is 10.7. The van der Waals surface area contributed by atoms with Crippen LogP contribution in [0.5, 0.6) is 11.5 Å². The van der Waals surface area contributed by atoms with Gasteiger partial charge in [-0.3, -0.25) is 0 Å². The van der Waals surface area contributed by atoms with Crippen molar-refractivity contribution in [1.82, 2.24) is 0 Å². The first-order valence-electron chi connectivity index (χ1n) is 5.53. The minimum absolute atomic E-state index is 0.637. The smallest absolute Gasteiger partial charge is 0.128 e. The summed E-state index contributed by atoms with van der Waals surface area (Å²) in [6.07, 6.45) is 0. The van der Waals surface area contributed by atoms with E-state index in [4.69, 9.17) is 20.9 Å². The number of anilines is 2. The van der Waals surface area contributed by atoms with Crippen LogP contribution >= 0.6 is 0 Å². The lowest BCUT2D eigenvalue weighted by molar-refractivity contribution is 0.410. The first kappa shape index (κ1) is 12.1. The van der Waals surface area contributed by atoms with Crippen LogP contribution in [0.2, 0.25) is 0 Å². The molecule has 0 radical (unpaired) electrons. The third kappa shape index (κ3) is 2.05. The van der Waals surface area contributed by atoms with Crippen molar-refractivity contribution in [3.63, 3.8) is 0 Å². The molecule has 0 spiro atoms. The molecule has 2 aromatic rings. The second-order valence-electron chi connectivity index (χ2n) is 3.88. The number of rotatable bonds is 3. The number of hydrogen-bond acceptors (Lipinski definition) is 4. The van der Waals surface area contributed by atoms with E-state index in [9.17, 15) is 0 Å². The molecule has 0 aromatic heterocycles. The summed E-state index contributed by atoms with van der Waals surface area (Å²) in [6.45, 7) is 0. The zero-order valence-corrected chi connectivity index (χ0v) is 10.4. The van der Waals surface area contributed by atoms with Gasteiger partial charge in [0.2, 0.25) is 0 Å². The molecule has 0 bridgehead atoms. The Labute approximate surface area is 106 Å². The molecule has 18 heavy (non-hydrogen) atoms. The first-order chi connectivity index (χ1) is 8.67. The van der Waals surface area contributed by atoms with Gasteiger partial charge in [0, 0.05) is 23.0 Å². The van der Waals surface area contributed by atoms with Crippen molar-refractivity contribution < 1.29 is 9.47 Å². The van der Waals surface area contributed by atoms with E-state index in [0.717, 1.165) is 11.1 Å². The zero-order chi connectivity index (χ0) is 13.1. The van der Waals surface area contributed by atoms with Gasteiger partial charge in [-0.05, 0) is 24.3 Å². The molecule has 4 nitrogen and oxygen atoms in total. The normalized spacial score (nSPS) is 10.1. The topological polar surface area (TPSA) is 70.5 Å². The summed E-state index contributed by atoms with van der Waals surface area (Å²) in [5.74, 6) is 1.38. The fourth-order valence-corrected chi connectivity index (χ4v) is 1.92. The Kier molecular flexibility index (Phi) is 3.28. The second kappa shape index (κ2) is 4.87. The quantitative estimate of drug-likeness (QED) is 0.814. The minimum Gasteiger partial charge on any atom is -0.496 e. The summed E-state index contributed by atoms with van der Waals surface area (Å²) in [7, 11) is 3.21. The number of hydrogen-bond donors (Lipinski definition) is 2. The van der Waals surface area contributed by atoms with E-state index in [1.807, 2.05) is 30.3 Å². The number of nitrogens with two attached hydrogens (primary N) is 2. The Morgan fingerprint density at radius 3 is 2.28 bits per heavy atom. The van der Waals surface area contributed by atoms with Crippen LogP contribution in [-0.4, -0.2) is 14.2 Å². The highest BCUT2D eigenvalue weighted by Gasteiger charge is 2.14. The Morgan fingerprint density at radius 2 is 1.61 bits per heavy atom. The fourth-order valence-electron chi connectivity index (χ4n) is 1.92. The van der Waals surface area contributed by atoms with E-state index in [1.165, 1.54) is 0 Å². The highest BCUT2D eigenvalue weighted by Crippen LogP contribution is 2.40. The van der Waals surface area contributed by atoms with Gasteiger partial charge in [0.05, 0.1) is 19.8 Å². The maximum Gasteiger partial charge on any atom is 0.128 e. The van der Waals surface area contributed by atoms with Crippen molar-refractivity contribution in [3.05, 3.63) is 36.4 Å². The van der Waals surface area contributed by atoms with Crippen LogP contribution in [0.4, 0.5) is 11.4 Å². The van der Waals surface area contributed by atoms with Gasteiger partial charge >= 0.3 is 0 Å². The van der Waals surface area contributed by atoms with E-state index in [1.54, 1.807) is 20.3 Å². The highest BCUT2D eigenvalue weighted by atomic mass is 16.5. The molecule has 4 N–H and O–H groups in total. The highest BCUT2D eigenvalue weighted by molar-refractivity contribution is 5.86. The minimum atomic E-state index is 0.637. The Hall–Kier alpha value is -2.36. The van der Waals surface area contributed by atoms with E-state index in [2.05, 4.69) is 0 Å². The van der Waals surface area contributed by atoms with Crippen LogP contribution in [0.25, 0.3) is 11.1 Å². The molecule has 0 fully saturated rings. The van der Waals surface area contributed by atoms with Crippen LogP contribution < -0.4 is 20.9 Å². The van der Waals surface area contributed by atoms with E-state index >= 15 is 0 Å². The number of benzene rings is 2. The predicted molar refractivity (Wildman–Crippen MR) is 73.8 cm³/mol. The van der Waals surface area contributed by atoms with Gasteiger partial charge in [-0.25, -0.2) is 0 Å². The summed E-state index contributed by atoms with van der Waals surface area (Å²) in [4.78, 5) is 0. The average molecular weight is 244 g/mol. The maximum absolute atomic E-state index is 6.02. The van der Waals surface area contributed by atoms with Crippen molar-refractivity contribution in [2.75, 3.05) is 25.7 Å². The van der Waals surface area contributed by atoms with Crippen molar-refractivity contribution in [3.8, 4) is 22.6 Å². The van der Waals surface area contributed by atoms with Gasteiger partial charge in [0.1, 0.15) is 11.5 Å². The van der Waals surface area contributed by atoms with Crippen molar-refractivity contribution in [2.45, 2.75) is 0 Å². The van der Waals surface area contributed by atoms with Gasteiger partial charge < -0.3 is 20.9 Å². The van der Waals surface area contributed by atoms with Gasteiger partial charge in [-0.1, -0.05) is 6.07 Å². The lowest BCUT2D eigenvalue weighted by atomic mass is 10.0. The van der Waals surface area contributed by atoms with E-state index in [-0.39, 0.29) is 0 Å². The van der Waals surface area contributed by atoms with Crippen LogP contribution in [0.1, 0.15) is 0 Å². The lowest BCUT2D eigenvalue weighted by Gasteiger charge is -2.14. The molecular formula is C14H16N2O2. The molecule has 0 heterocycles. The maximum atomic E-state index is 6.02. The molecule has 0 unspecified atom stereocenters. The largest absolute Gasteiger partial charge is 0.496 e. The van der Waals surface area contributed by atoms with Gasteiger partial charge in [0.25, 0.3) is 0 Å². The summed E-state index contributed by atoms with van der Waals surface area (Å²) in [5, 5.41) is 0. The molecule has 2 rings (SSSR count). The second-order valence-corrected chi connectivity index (χ2v) is 3.88. The first-order valence-corrected chi connectivity index (χ1v) is 5.53. The molecule has 4 heteroatoms. The monoisotopic (exact) mass is 244 g/mol. The molecule has 0 atom stereocenters. The average Bonchev–Trinajstić information content (AvgIpc) is 2.38. The molecule has 0 saturated carbocycles. The Balaban J connectivity index is 2.68. The molecular weight excluding hydrogens is 228 g/mol. The molecule has 2 aromatic carbocycles. The zero-order valence-electron chi connectivity index (χ0n) is 10.4. The fraction of sp³-hybridized carbons (Fsp3) is 0.143. The van der Waals surface area contributed by atoms with Gasteiger partial charge in [-0.2, -0.15) is 0 Å². The van der Waals surface area contributed by atoms with Crippen molar-refractivity contribution >= 4 is 11.4 Å². The standard InChI is InChI=1S/C14H16N2O2/c1-17-12-5-3-4-11(16)14(12)10-7-6-9(15)8-13(10)18-2/h3-8H,15-16H2,1-2H3. The number of methoxy groups -OCH3 is 2. The molecule has 94 valence electrons. The molecule has 0 aliphatic carbocycles. The lowest BCUT2D eigenvalue weighted by Crippen LogP contribution is -1.97. The Bertz CT molecular complexity index is 568. The van der Waals surface area contributed by atoms with Gasteiger partial charge in [-0.15, -0.1) is 0 Å². The molecule has 0 aliphatic rings. The van der Waals surface area contributed by atoms with E-state index < -0.39 is 0 Å². The predicted octanol–water partition coefficient (Wildman–Crippen LogP) is 2.54. The summed E-state index contributed by atoms with van der Waals surface area (Å²) >= 11 is 0. The summed E-state index contributed by atoms with van der Waals surface area (Å²) in [5.41, 5.74) is 14.7. The molecule has 0 amide bonds. The molecule has 0 saturated heterocycles. The SMILES string of the molecule is COc1cc(N)ccc1-c1c(N)cccc1OC. The van der Waals surface area contributed by atoms with Crippen molar-refractivity contribution in [2.24, 2.45) is 0 Å². The summed E-state index contributed by atoms with van der Waals surface area (Å²) in [6, 6.07) is 11.0.